The molecule has 241 valence electrons. The Labute approximate surface area is 280 Å². The Morgan fingerprint density at radius 2 is 0.688 bits per heavy atom. The van der Waals surface area contributed by atoms with Crippen molar-refractivity contribution in [2.75, 3.05) is 35.5 Å². The van der Waals surface area contributed by atoms with Gasteiger partial charge < -0.3 is 28.4 Å². The van der Waals surface area contributed by atoms with Crippen LogP contribution in [0.25, 0.3) is 16.7 Å². The summed E-state index contributed by atoms with van der Waals surface area (Å²) in [7, 11) is 8.13. The van der Waals surface area contributed by atoms with Crippen LogP contribution < -0.4 is 23.7 Å². The van der Waals surface area contributed by atoms with Gasteiger partial charge in [-0.1, -0.05) is 48.5 Å². The van der Waals surface area contributed by atoms with Crippen LogP contribution in [0.4, 0.5) is 0 Å². The number of esters is 1. The number of benzene rings is 5. The van der Waals surface area contributed by atoms with Gasteiger partial charge in [0.25, 0.3) is 0 Å². The van der Waals surface area contributed by atoms with E-state index < -0.39 is 5.97 Å². The fourth-order valence-corrected chi connectivity index (χ4v) is 5.74. The zero-order valence-electron chi connectivity index (χ0n) is 27.4. The van der Waals surface area contributed by atoms with Crippen LogP contribution in [0.1, 0.15) is 32.6 Å². The van der Waals surface area contributed by atoms with E-state index >= 15 is 0 Å². The highest BCUT2D eigenvalue weighted by Gasteiger charge is 2.40. The van der Waals surface area contributed by atoms with Crippen molar-refractivity contribution in [3.05, 3.63) is 161 Å². The zero-order valence-corrected chi connectivity index (χ0v) is 27.4. The van der Waals surface area contributed by atoms with Gasteiger partial charge in [0.05, 0.1) is 41.1 Å². The molecule has 6 rings (SSSR count). The highest BCUT2D eigenvalue weighted by molar-refractivity contribution is 6.25. The highest BCUT2D eigenvalue weighted by Crippen LogP contribution is 2.55. The van der Waals surface area contributed by atoms with E-state index in [9.17, 15) is 4.79 Å². The third kappa shape index (κ3) is 6.35. The number of allylic oxidation sites excluding steroid dienone is 3. The number of carbonyl (C=O) groups is 1. The molecule has 0 aliphatic heterocycles. The Balaban J connectivity index is 1.66. The molecule has 1 radical (unpaired) electrons. The smallest absolute Gasteiger partial charge is 0.343 e. The van der Waals surface area contributed by atoms with Crippen molar-refractivity contribution in [3.8, 4) is 28.7 Å². The molecule has 0 saturated heterocycles. The highest BCUT2D eigenvalue weighted by atomic mass is 16.5. The predicted octanol–water partition coefficient (Wildman–Crippen LogP) is 8.55. The Hall–Kier alpha value is -5.95. The van der Waals surface area contributed by atoms with Crippen LogP contribution in [0.5, 0.6) is 28.7 Å². The van der Waals surface area contributed by atoms with Crippen molar-refractivity contribution in [1.29, 1.82) is 0 Å². The maximum absolute atomic E-state index is 14.0. The summed E-state index contributed by atoms with van der Waals surface area (Å²) in [6.45, 7) is 0. The summed E-state index contributed by atoms with van der Waals surface area (Å²) in [5.74, 6) is 4.17. The summed E-state index contributed by atoms with van der Waals surface area (Å²) in [5.41, 5.74) is 6.41. The zero-order chi connectivity index (χ0) is 33.6. The molecule has 48 heavy (non-hydrogen) atoms. The first-order chi connectivity index (χ1) is 23.5. The number of hydrogen-bond donors (Lipinski definition) is 0. The van der Waals surface area contributed by atoms with Gasteiger partial charge in [-0.25, -0.2) is 4.79 Å². The van der Waals surface area contributed by atoms with Crippen LogP contribution >= 0.6 is 0 Å². The van der Waals surface area contributed by atoms with Crippen molar-refractivity contribution in [1.82, 2.24) is 0 Å². The molecule has 5 aromatic carbocycles. The van der Waals surface area contributed by atoms with E-state index in [2.05, 4.69) is 0 Å². The maximum Gasteiger partial charge on any atom is 0.343 e. The summed E-state index contributed by atoms with van der Waals surface area (Å²) >= 11 is 0. The topological polar surface area (TPSA) is 72.5 Å². The van der Waals surface area contributed by atoms with Crippen molar-refractivity contribution in [2.45, 2.75) is 0 Å². The molecule has 0 fully saturated rings. The standard InChI is InChI=1S/C41H35O7/c1-43-31-16-6-26(7-17-31)36-37(27-8-18-32(44-2)19-9-27)39(29-12-22-34(46-4)23-13-29)40(38(36)28-10-20-33(45-3)21-11-28)48-41(42)30-14-24-35(47-5)25-15-30/h6-25H,1-5H3. The first-order valence-electron chi connectivity index (χ1n) is 15.3. The summed E-state index contributed by atoms with van der Waals surface area (Å²) < 4.78 is 33.8. The average Bonchev–Trinajstić information content (AvgIpc) is 3.49. The second-order valence-corrected chi connectivity index (χ2v) is 10.9. The summed E-state index contributed by atoms with van der Waals surface area (Å²) in [6, 6.07) is 38.1. The van der Waals surface area contributed by atoms with Gasteiger partial charge in [-0.2, -0.15) is 0 Å². The minimum absolute atomic E-state index is 0.385. The first-order valence-corrected chi connectivity index (χ1v) is 15.3. The molecule has 0 aromatic heterocycles. The van der Waals surface area contributed by atoms with E-state index in [0.717, 1.165) is 56.4 Å². The van der Waals surface area contributed by atoms with Gasteiger partial charge in [0.2, 0.25) is 0 Å². The van der Waals surface area contributed by atoms with Crippen LogP contribution in [0.3, 0.4) is 0 Å². The van der Waals surface area contributed by atoms with Gasteiger partial charge in [-0.05, 0) is 106 Å². The van der Waals surface area contributed by atoms with Crippen LogP contribution in [0.2, 0.25) is 0 Å². The SMILES string of the molecule is COc1ccc([C]2C(OC(=O)c3ccc(OC)cc3)=C(c3ccc(OC)cc3)C(c3ccc(OC)cc3)=C2c2ccc(OC)cc2)cc1. The van der Waals surface area contributed by atoms with Gasteiger partial charge in [0.1, 0.15) is 40.4 Å². The lowest BCUT2D eigenvalue weighted by Crippen LogP contribution is -2.12. The van der Waals surface area contributed by atoms with Crippen LogP contribution in [-0.4, -0.2) is 41.5 Å². The molecule has 0 atom stereocenters. The summed E-state index contributed by atoms with van der Waals surface area (Å²) in [6.07, 6.45) is 0. The molecule has 7 nitrogen and oxygen atoms in total. The second-order valence-electron chi connectivity index (χ2n) is 10.9. The monoisotopic (exact) mass is 639 g/mol. The van der Waals surface area contributed by atoms with E-state index in [-0.39, 0.29) is 0 Å². The van der Waals surface area contributed by atoms with Gasteiger partial charge in [-0.15, -0.1) is 0 Å². The second kappa shape index (κ2) is 14.2. The molecule has 1 aliphatic rings. The van der Waals surface area contributed by atoms with Crippen molar-refractivity contribution in [2.24, 2.45) is 0 Å². The predicted molar refractivity (Wildman–Crippen MR) is 186 cm³/mol. The van der Waals surface area contributed by atoms with Crippen molar-refractivity contribution >= 4 is 22.7 Å². The Bertz CT molecular complexity index is 1940. The number of carbonyl (C=O) groups excluding carboxylic acids is 1. The Morgan fingerprint density at radius 1 is 0.375 bits per heavy atom. The normalized spacial score (nSPS) is 12.9. The molecule has 0 saturated carbocycles. The van der Waals surface area contributed by atoms with E-state index in [1.807, 2.05) is 97.1 Å². The Kier molecular flexibility index (Phi) is 9.48. The molecular formula is C41H35O7. The third-order valence-electron chi connectivity index (χ3n) is 8.24. The molecule has 0 amide bonds. The summed E-state index contributed by atoms with van der Waals surface area (Å²) in [5, 5.41) is 0. The van der Waals surface area contributed by atoms with E-state index in [4.69, 9.17) is 28.4 Å². The maximum atomic E-state index is 14.0. The number of hydrogen-bond acceptors (Lipinski definition) is 7. The van der Waals surface area contributed by atoms with Crippen molar-refractivity contribution in [3.63, 3.8) is 0 Å². The molecule has 0 spiro atoms. The Morgan fingerprint density at radius 3 is 1.06 bits per heavy atom. The minimum atomic E-state index is -0.505. The fraction of sp³-hybridized carbons (Fsp3) is 0.122. The molecular weight excluding hydrogens is 604 g/mol. The molecule has 0 unspecified atom stereocenters. The van der Waals surface area contributed by atoms with Crippen molar-refractivity contribution < 1.29 is 33.2 Å². The molecule has 0 heterocycles. The molecule has 0 N–H and O–H groups in total. The largest absolute Gasteiger partial charge is 0.497 e. The van der Waals surface area contributed by atoms with E-state index in [1.54, 1.807) is 59.8 Å². The number of methoxy groups -OCH3 is 5. The average molecular weight is 640 g/mol. The lowest BCUT2D eigenvalue weighted by atomic mass is 9.85. The number of rotatable bonds is 11. The fourth-order valence-electron chi connectivity index (χ4n) is 5.74. The summed E-state index contributed by atoms with van der Waals surface area (Å²) in [4.78, 5) is 14.0. The van der Waals surface area contributed by atoms with E-state index in [0.29, 0.717) is 28.6 Å². The lowest BCUT2D eigenvalue weighted by molar-refractivity contribution is 0.0631. The molecule has 5 aromatic rings. The van der Waals surface area contributed by atoms with Gasteiger partial charge in [0.15, 0.2) is 0 Å². The van der Waals surface area contributed by atoms with Crippen LogP contribution in [-0.2, 0) is 4.74 Å². The first kappa shape index (κ1) is 32.0. The minimum Gasteiger partial charge on any atom is -0.497 e. The van der Waals surface area contributed by atoms with Gasteiger partial charge in [0, 0.05) is 5.57 Å². The van der Waals surface area contributed by atoms with Crippen LogP contribution in [0.15, 0.2) is 127 Å². The van der Waals surface area contributed by atoms with Crippen LogP contribution in [0, 0.1) is 5.92 Å². The van der Waals surface area contributed by atoms with Gasteiger partial charge in [-0.3, -0.25) is 0 Å². The lowest BCUT2D eigenvalue weighted by Gasteiger charge is -2.20. The quantitative estimate of drug-likeness (QED) is 0.134. The third-order valence-corrected chi connectivity index (χ3v) is 8.24. The number of ether oxygens (including phenoxy) is 6. The van der Waals surface area contributed by atoms with Gasteiger partial charge >= 0.3 is 5.97 Å². The molecule has 7 heteroatoms. The molecule has 1 aliphatic carbocycles. The molecule has 0 bridgehead atoms. The van der Waals surface area contributed by atoms with E-state index in [1.165, 1.54) is 0 Å².